The lowest BCUT2D eigenvalue weighted by molar-refractivity contribution is -0.151. The standard InChI is InChI=1S/C18H17Cl2NO3S/c1-18(17(23)24,10-2-3-10)8-13(22)7-12-9-25-16(21-12)14-5-4-11(19)6-15(14)20/h4-6,9-10H,2-3,7-8H2,1H3,(H,23,24). The number of benzene rings is 1. The summed E-state index contributed by atoms with van der Waals surface area (Å²) in [6, 6.07) is 5.19. The van der Waals surface area contributed by atoms with Crippen molar-refractivity contribution in [3.63, 3.8) is 0 Å². The van der Waals surface area contributed by atoms with Crippen molar-refractivity contribution in [1.82, 2.24) is 4.98 Å². The fraction of sp³-hybridized carbons (Fsp3) is 0.389. The van der Waals surface area contributed by atoms with Crippen LogP contribution in [0.1, 0.15) is 31.9 Å². The largest absolute Gasteiger partial charge is 0.481 e. The second-order valence-electron chi connectivity index (χ2n) is 6.66. The minimum absolute atomic E-state index is 0.0432. The molecule has 0 radical (unpaired) electrons. The Bertz CT molecular complexity index is 831. The van der Waals surface area contributed by atoms with Crippen molar-refractivity contribution in [2.24, 2.45) is 11.3 Å². The first-order valence-electron chi connectivity index (χ1n) is 7.94. The second kappa shape index (κ2) is 7.06. The monoisotopic (exact) mass is 397 g/mol. The van der Waals surface area contributed by atoms with Crippen LogP contribution >= 0.6 is 34.5 Å². The molecule has 2 aromatic rings. The van der Waals surface area contributed by atoms with Gasteiger partial charge in [0.1, 0.15) is 10.8 Å². The quantitative estimate of drug-likeness (QED) is 0.703. The van der Waals surface area contributed by atoms with Gasteiger partial charge in [-0.25, -0.2) is 4.98 Å². The molecule has 3 rings (SSSR count). The molecule has 1 atom stereocenters. The zero-order valence-corrected chi connectivity index (χ0v) is 15.9. The number of rotatable bonds is 7. The summed E-state index contributed by atoms with van der Waals surface area (Å²) in [6.07, 6.45) is 1.94. The Hall–Kier alpha value is -1.43. The van der Waals surface area contributed by atoms with Crippen LogP contribution < -0.4 is 0 Å². The first kappa shape index (κ1) is 18.4. The number of carbonyl (C=O) groups excluding carboxylic acids is 1. The molecule has 0 saturated heterocycles. The average Bonchev–Trinajstić information content (AvgIpc) is 3.29. The predicted octanol–water partition coefficient (Wildman–Crippen LogP) is 5.12. The number of thiazole rings is 1. The Balaban J connectivity index is 1.71. The van der Waals surface area contributed by atoms with Crippen molar-refractivity contribution >= 4 is 46.3 Å². The van der Waals surface area contributed by atoms with Crippen molar-refractivity contribution in [2.45, 2.75) is 32.6 Å². The van der Waals surface area contributed by atoms with E-state index in [2.05, 4.69) is 4.98 Å². The summed E-state index contributed by atoms with van der Waals surface area (Å²) in [5, 5.41) is 13.1. The SMILES string of the molecule is CC(CC(=O)Cc1csc(-c2ccc(Cl)cc2Cl)n1)(C(=O)O)C1CC1. The van der Waals surface area contributed by atoms with Crippen LogP contribution in [0.3, 0.4) is 0 Å². The molecule has 0 spiro atoms. The fourth-order valence-electron chi connectivity index (χ4n) is 2.96. The summed E-state index contributed by atoms with van der Waals surface area (Å²) in [6.45, 7) is 1.67. The molecule has 1 unspecified atom stereocenters. The van der Waals surface area contributed by atoms with Crippen molar-refractivity contribution < 1.29 is 14.7 Å². The van der Waals surface area contributed by atoms with Gasteiger partial charge in [-0.3, -0.25) is 9.59 Å². The van der Waals surface area contributed by atoms with Crippen LogP contribution in [-0.4, -0.2) is 21.8 Å². The molecule has 25 heavy (non-hydrogen) atoms. The molecule has 7 heteroatoms. The highest BCUT2D eigenvalue weighted by Gasteiger charge is 2.48. The highest BCUT2D eigenvalue weighted by Crippen LogP contribution is 2.48. The molecular weight excluding hydrogens is 381 g/mol. The number of carboxylic acid groups (broad SMARTS) is 1. The molecule has 0 bridgehead atoms. The van der Waals surface area contributed by atoms with Gasteiger partial charge in [0, 0.05) is 28.8 Å². The van der Waals surface area contributed by atoms with Crippen molar-refractivity contribution in [2.75, 3.05) is 0 Å². The number of aromatic nitrogens is 1. The molecule has 1 aromatic carbocycles. The van der Waals surface area contributed by atoms with E-state index in [1.165, 1.54) is 11.3 Å². The van der Waals surface area contributed by atoms with Crippen LogP contribution in [0.25, 0.3) is 10.6 Å². The van der Waals surface area contributed by atoms with E-state index >= 15 is 0 Å². The fourth-order valence-corrected chi connectivity index (χ4v) is 4.38. The molecule has 0 aliphatic heterocycles. The number of ketones is 1. The normalized spacial score (nSPS) is 16.4. The van der Waals surface area contributed by atoms with E-state index in [0.717, 1.165) is 18.4 Å². The van der Waals surface area contributed by atoms with E-state index in [-0.39, 0.29) is 24.5 Å². The zero-order chi connectivity index (χ0) is 18.2. The van der Waals surface area contributed by atoms with Crippen LogP contribution in [0.4, 0.5) is 0 Å². The minimum atomic E-state index is -0.963. The van der Waals surface area contributed by atoms with E-state index < -0.39 is 11.4 Å². The lowest BCUT2D eigenvalue weighted by Crippen LogP contribution is -2.33. The van der Waals surface area contributed by atoms with Gasteiger partial charge in [-0.1, -0.05) is 23.2 Å². The van der Waals surface area contributed by atoms with E-state index in [1.807, 2.05) is 5.38 Å². The molecule has 1 N–H and O–H groups in total. The van der Waals surface area contributed by atoms with Gasteiger partial charge in [-0.15, -0.1) is 11.3 Å². The van der Waals surface area contributed by atoms with Gasteiger partial charge in [0.15, 0.2) is 0 Å². The maximum absolute atomic E-state index is 12.4. The van der Waals surface area contributed by atoms with Gasteiger partial charge < -0.3 is 5.11 Å². The van der Waals surface area contributed by atoms with Crippen LogP contribution in [0.15, 0.2) is 23.6 Å². The predicted molar refractivity (Wildman–Crippen MR) is 99.4 cm³/mol. The second-order valence-corrected chi connectivity index (χ2v) is 8.36. The first-order chi connectivity index (χ1) is 11.8. The number of aliphatic carboxylic acids is 1. The average molecular weight is 398 g/mol. The molecular formula is C18H17Cl2NO3S. The van der Waals surface area contributed by atoms with Crippen LogP contribution in [0.5, 0.6) is 0 Å². The molecule has 4 nitrogen and oxygen atoms in total. The van der Waals surface area contributed by atoms with Crippen LogP contribution in [0.2, 0.25) is 10.0 Å². The molecule has 1 aliphatic carbocycles. The van der Waals surface area contributed by atoms with E-state index in [9.17, 15) is 14.7 Å². The topological polar surface area (TPSA) is 67.3 Å². The smallest absolute Gasteiger partial charge is 0.310 e. The van der Waals surface area contributed by atoms with Gasteiger partial charge in [0.25, 0.3) is 0 Å². The number of carbonyl (C=O) groups is 2. The van der Waals surface area contributed by atoms with Crippen molar-refractivity contribution in [1.29, 1.82) is 0 Å². The summed E-state index contributed by atoms with van der Waals surface area (Å²) in [7, 11) is 0. The first-order valence-corrected chi connectivity index (χ1v) is 9.58. The number of halogens is 2. The molecule has 1 aromatic heterocycles. The van der Waals surface area contributed by atoms with E-state index in [4.69, 9.17) is 23.2 Å². The van der Waals surface area contributed by atoms with Crippen LogP contribution in [0, 0.1) is 11.3 Å². The van der Waals surface area contributed by atoms with Gasteiger partial charge in [0.05, 0.1) is 16.1 Å². The Morgan fingerprint density at radius 1 is 1.36 bits per heavy atom. The highest BCUT2D eigenvalue weighted by molar-refractivity contribution is 7.13. The van der Waals surface area contributed by atoms with Crippen molar-refractivity contribution in [3.05, 3.63) is 39.3 Å². The summed E-state index contributed by atoms with van der Waals surface area (Å²) in [5.74, 6) is -0.890. The van der Waals surface area contributed by atoms with Gasteiger partial charge in [-0.05, 0) is 43.9 Å². The number of nitrogens with zero attached hydrogens (tertiary/aromatic N) is 1. The molecule has 1 heterocycles. The third-order valence-electron chi connectivity index (χ3n) is 4.62. The third kappa shape index (κ3) is 4.05. The molecule has 1 fully saturated rings. The van der Waals surface area contributed by atoms with Crippen molar-refractivity contribution in [3.8, 4) is 10.6 Å². The summed E-state index contributed by atoms with van der Waals surface area (Å²) in [5.41, 5.74) is 0.442. The number of hydrogen-bond acceptors (Lipinski definition) is 4. The Kier molecular flexibility index (Phi) is 5.19. The van der Waals surface area contributed by atoms with E-state index in [0.29, 0.717) is 20.7 Å². The van der Waals surface area contributed by atoms with E-state index in [1.54, 1.807) is 25.1 Å². The molecule has 1 saturated carbocycles. The zero-order valence-electron chi connectivity index (χ0n) is 13.6. The highest BCUT2D eigenvalue weighted by atomic mass is 35.5. The van der Waals surface area contributed by atoms with Gasteiger partial charge in [0.2, 0.25) is 0 Å². The maximum atomic E-state index is 12.4. The lowest BCUT2D eigenvalue weighted by Gasteiger charge is -2.23. The number of hydrogen-bond donors (Lipinski definition) is 1. The molecule has 132 valence electrons. The molecule has 1 aliphatic rings. The Morgan fingerprint density at radius 2 is 2.08 bits per heavy atom. The summed E-state index contributed by atoms with van der Waals surface area (Å²) >= 11 is 13.5. The van der Waals surface area contributed by atoms with Gasteiger partial charge in [-0.2, -0.15) is 0 Å². The maximum Gasteiger partial charge on any atom is 0.310 e. The molecule has 0 amide bonds. The Morgan fingerprint density at radius 3 is 2.68 bits per heavy atom. The summed E-state index contributed by atoms with van der Waals surface area (Å²) < 4.78 is 0. The number of Topliss-reactive ketones (excluding diaryl/α,β-unsaturated/α-hetero) is 1. The lowest BCUT2D eigenvalue weighted by atomic mass is 9.79. The number of carboxylic acids is 1. The van der Waals surface area contributed by atoms with Gasteiger partial charge >= 0.3 is 5.97 Å². The Labute approximate surface area is 159 Å². The minimum Gasteiger partial charge on any atom is -0.481 e. The van der Waals surface area contributed by atoms with Crippen LogP contribution in [-0.2, 0) is 16.0 Å². The third-order valence-corrected chi connectivity index (χ3v) is 6.10. The summed E-state index contributed by atoms with van der Waals surface area (Å²) in [4.78, 5) is 28.4.